The first-order valence-corrected chi connectivity index (χ1v) is 9.71. The van der Waals surface area contributed by atoms with Gasteiger partial charge in [0, 0.05) is 32.7 Å². The van der Waals surface area contributed by atoms with E-state index < -0.39 is 5.41 Å². The van der Waals surface area contributed by atoms with Crippen molar-refractivity contribution in [1.82, 2.24) is 10.2 Å². The fourth-order valence-corrected chi connectivity index (χ4v) is 3.77. The van der Waals surface area contributed by atoms with Crippen LogP contribution in [0.2, 0.25) is 0 Å². The maximum absolute atomic E-state index is 14.0. The zero-order valence-electron chi connectivity index (χ0n) is 15.7. The third kappa shape index (κ3) is 3.59. The number of carbonyl (C=O) groups excluding carboxylic acids is 2. The Kier molecular flexibility index (Phi) is 5.03. The second-order valence-electron chi connectivity index (χ2n) is 7.48. The molecule has 0 unspecified atom stereocenters. The standard InChI is InChI=1S/C22H24FN3O2/c23-18-8-4-5-9-19(18)25-12-14-26(15-13-25)21(28)22(10-11-22)20(27)24-16-17-6-2-1-3-7-17/h1-9H,10-16H2,(H,24,27). The summed E-state index contributed by atoms with van der Waals surface area (Å²) >= 11 is 0. The van der Waals surface area contributed by atoms with Gasteiger partial charge in [-0.25, -0.2) is 4.39 Å². The molecule has 0 atom stereocenters. The summed E-state index contributed by atoms with van der Waals surface area (Å²) in [7, 11) is 0. The molecule has 0 bridgehead atoms. The first-order valence-electron chi connectivity index (χ1n) is 9.71. The topological polar surface area (TPSA) is 52.7 Å². The quantitative estimate of drug-likeness (QED) is 0.810. The number of rotatable bonds is 5. The second kappa shape index (κ2) is 7.62. The van der Waals surface area contributed by atoms with Crippen molar-refractivity contribution < 1.29 is 14.0 Å². The molecule has 2 aromatic rings. The fourth-order valence-electron chi connectivity index (χ4n) is 3.77. The van der Waals surface area contributed by atoms with Crippen LogP contribution in [0.25, 0.3) is 0 Å². The number of carbonyl (C=O) groups is 2. The first-order chi connectivity index (χ1) is 13.6. The SMILES string of the molecule is O=C(NCc1ccccc1)C1(C(=O)N2CCN(c3ccccc3F)CC2)CC1. The molecule has 2 fully saturated rings. The van der Waals surface area contributed by atoms with Crippen LogP contribution in [-0.4, -0.2) is 42.9 Å². The summed E-state index contributed by atoms with van der Waals surface area (Å²) < 4.78 is 14.0. The lowest BCUT2D eigenvalue weighted by Crippen LogP contribution is -2.53. The minimum absolute atomic E-state index is 0.0914. The molecule has 0 spiro atoms. The summed E-state index contributed by atoms with van der Waals surface area (Å²) in [6.45, 7) is 2.56. The molecule has 1 saturated carbocycles. The maximum Gasteiger partial charge on any atom is 0.238 e. The highest BCUT2D eigenvalue weighted by Gasteiger charge is 2.58. The van der Waals surface area contributed by atoms with Crippen molar-refractivity contribution >= 4 is 17.5 Å². The molecule has 1 N–H and O–H groups in total. The lowest BCUT2D eigenvalue weighted by molar-refractivity contribution is -0.144. The number of para-hydroxylation sites is 1. The zero-order chi connectivity index (χ0) is 19.6. The number of amides is 2. The fraction of sp³-hybridized carbons (Fsp3) is 0.364. The van der Waals surface area contributed by atoms with Gasteiger partial charge in [-0.2, -0.15) is 0 Å². The van der Waals surface area contributed by atoms with Crippen LogP contribution in [-0.2, 0) is 16.1 Å². The van der Waals surface area contributed by atoms with E-state index in [-0.39, 0.29) is 17.6 Å². The van der Waals surface area contributed by atoms with E-state index in [1.54, 1.807) is 17.0 Å². The van der Waals surface area contributed by atoms with Gasteiger partial charge in [-0.1, -0.05) is 42.5 Å². The van der Waals surface area contributed by atoms with Crippen LogP contribution in [0.1, 0.15) is 18.4 Å². The van der Waals surface area contributed by atoms with Gasteiger partial charge in [0.05, 0.1) is 5.69 Å². The van der Waals surface area contributed by atoms with Crippen molar-refractivity contribution in [2.45, 2.75) is 19.4 Å². The van der Waals surface area contributed by atoms with E-state index in [4.69, 9.17) is 0 Å². The largest absolute Gasteiger partial charge is 0.366 e. The Labute approximate surface area is 164 Å². The number of nitrogens with zero attached hydrogens (tertiary/aromatic N) is 2. The molecule has 4 rings (SSSR count). The average Bonchev–Trinajstić information content (AvgIpc) is 3.55. The van der Waals surface area contributed by atoms with Crippen molar-refractivity contribution in [3.05, 3.63) is 66.0 Å². The Morgan fingerprint density at radius 2 is 1.57 bits per heavy atom. The normalized spacial score (nSPS) is 17.9. The van der Waals surface area contributed by atoms with E-state index in [9.17, 15) is 14.0 Å². The van der Waals surface area contributed by atoms with Gasteiger partial charge in [0.1, 0.15) is 11.2 Å². The minimum atomic E-state index is -0.908. The molecular formula is C22H24FN3O2. The number of hydrogen-bond donors (Lipinski definition) is 1. The molecule has 0 aromatic heterocycles. The molecule has 0 radical (unpaired) electrons. The summed E-state index contributed by atoms with van der Waals surface area (Å²) in [6.07, 6.45) is 1.19. The van der Waals surface area contributed by atoms with Crippen LogP contribution < -0.4 is 10.2 Å². The van der Waals surface area contributed by atoms with Gasteiger partial charge in [-0.3, -0.25) is 9.59 Å². The van der Waals surface area contributed by atoms with Crippen LogP contribution >= 0.6 is 0 Å². The predicted molar refractivity (Wildman–Crippen MR) is 105 cm³/mol. The monoisotopic (exact) mass is 381 g/mol. The number of piperazine rings is 1. The van der Waals surface area contributed by atoms with E-state index in [1.165, 1.54) is 6.07 Å². The number of halogens is 1. The Morgan fingerprint density at radius 3 is 2.21 bits per heavy atom. The Balaban J connectivity index is 1.34. The Hall–Kier alpha value is -2.89. The summed E-state index contributed by atoms with van der Waals surface area (Å²) in [5.74, 6) is -0.523. The lowest BCUT2D eigenvalue weighted by Gasteiger charge is -2.37. The highest BCUT2D eigenvalue weighted by atomic mass is 19.1. The van der Waals surface area contributed by atoms with Crippen LogP contribution in [0, 0.1) is 11.2 Å². The minimum Gasteiger partial charge on any atom is -0.366 e. The molecule has 1 aliphatic carbocycles. The molecule has 1 heterocycles. The van der Waals surface area contributed by atoms with Crippen molar-refractivity contribution in [2.75, 3.05) is 31.1 Å². The number of nitrogens with one attached hydrogen (secondary N) is 1. The van der Waals surface area contributed by atoms with Crippen LogP contribution in [0.4, 0.5) is 10.1 Å². The van der Waals surface area contributed by atoms with Crippen LogP contribution in [0.5, 0.6) is 0 Å². The summed E-state index contributed by atoms with van der Waals surface area (Å²) in [5, 5.41) is 2.92. The van der Waals surface area contributed by atoms with Crippen molar-refractivity contribution in [3.63, 3.8) is 0 Å². The lowest BCUT2D eigenvalue weighted by atomic mass is 10.0. The van der Waals surface area contributed by atoms with Crippen molar-refractivity contribution in [2.24, 2.45) is 5.41 Å². The molecule has 2 aromatic carbocycles. The van der Waals surface area contributed by atoms with Gasteiger partial charge in [-0.05, 0) is 30.5 Å². The second-order valence-corrected chi connectivity index (χ2v) is 7.48. The first kappa shape index (κ1) is 18.5. The highest BCUT2D eigenvalue weighted by Crippen LogP contribution is 2.47. The molecule has 28 heavy (non-hydrogen) atoms. The third-order valence-corrected chi connectivity index (χ3v) is 5.65. The van der Waals surface area contributed by atoms with Gasteiger partial charge in [-0.15, -0.1) is 0 Å². The summed E-state index contributed by atoms with van der Waals surface area (Å²) in [6, 6.07) is 16.4. The average molecular weight is 381 g/mol. The van der Waals surface area contributed by atoms with E-state index >= 15 is 0 Å². The van der Waals surface area contributed by atoms with Gasteiger partial charge >= 0.3 is 0 Å². The number of anilines is 1. The van der Waals surface area contributed by atoms with Crippen LogP contribution in [0.15, 0.2) is 54.6 Å². The molecule has 146 valence electrons. The van der Waals surface area contributed by atoms with Crippen molar-refractivity contribution in [3.8, 4) is 0 Å². The molecule has 2 aliphatic rings. The predicted octanol–water partition coefficient (Wildman–Crippen LogP) is 2.57. The van der Waals surface area contributed by atoms with E-state index in [0.29, 0.717) is 51.3 Å². The molecule has 2 amide bonds. The summed E-state index contributed by atoms with van der Waals surface area (Å²) in [5.41, 5.74) is 0.670. The van der Waals surface area contributed by atoms with Gasteiger partial charge in [0.15, 0.2) is 0 Å². The third-order valence-electron chi connectivity index (χ3n) is 5.65. The zero-order valence-corrected chi connectivity index (χ0v) is 15.7. The molecule has 1 aliphatic heterocycles. The highest BCUT2D eigenvalue weighted by molar-refractivity contribution is 6.07. The van der Waals surface area contributed by atoms with E-state index in [0.717, 1.165) is 5.56 Å². The Bertz CT molecular complexity index is 859. The van der Waals surface area contributed by atoms with Gasteiger partial charge < -0.3 is 15.1 Å². The molecule has 5 nitrogen and oxygen atoms in total. The van der Waals surface area contributed by atoms with Crippen molar-refractivity contribution in [1.29, 1.82) is 0 Å². The number of benzene rings is 2. The van der Waals surface area contributed by atoms with E-state index in [2.05, 4.69) is 5.32 Å². The van der Waals surface area contributed by atoms with E-state index in [1.807, 2.05) is 41.3 Å². The van der Waals surface area contributed by atoms with Crippen LogP contribution in [0.3, 0.4) is 0 Å². The summed E-state index contributed by atoms with van der Waals surface area (Å²) in [4.78, 5) is 29.4. The Morgan fingerprint density at radius 1 is 0.929 bits per heavy atom. The molecule has 6 heteroatoms. The number of hydrogen-bond acceptors (Lipinski definition) is 3. The maximum atomic E-state index is 14.0. The van der Waals surface area contributed by atoms with Gasteiger partial charge in [0.2, 0.25) is 11.8 Å². The molecule has 1 saturated heterocycles. The van der Waals surface area contributed by atoms with Gasteiger partial charge in [0.25, 0.3) is 0 Å². The molecular weight excluding hydrogens is 357 g/mol. The smallest absolute Gasteiger partial charge is 0.238 e.